The summed E-state index contributed by atoms with van der Waals surface area (Å²) in [6.07, 6.45) is 3.12. The second-order valence-corrected chi connectivity index (χ2v) is 5.93. The molecule has 25 heavy (non-hydrogen) atoms. The number of amides is 1. The number of rotatable bonds is 5. The molecule has 1 saturated heterocycles. The lowest BCUT2D eigenvalue weighted by atomic mass is 9.90. The summed E-state index contributed by atoms with van der Waals surface area (Å²) < 4.78 is 23.6. The molecule has 136 valence electrons. The SMILES string of the molecule is Cl.NC1(C(=O)NCCc2coc(-c3ccc(F)cc3)n2)CCOCC1. The number of hydrogen-bond acceptors (Lipinski definition) is 5. The van der Waals surface area contributed by atoms with Crippen molar-refractivity contribution in [3.8, 4) is 11.5 Å². The van der Waals surface area contributed by atoms with Gasteiger partial charge in [-0.1, -0.05) is 0 Å². The Morgan fingerprint density at radius 1 is 1.28 bits per heavy atom. The molecule has 1 aliphatic heterocycles. The van der Waals surface area contributed by atoms with Crippen molar-refractivity contribution in [2.24, 2.45) is 5.73 Å². The van der Waals surface area contributed by atoms with Crippen molar-refractivity contribution in [2.45, 2.75) is 24.8 Å². The molecular weight excluding hydrogens is 349 g/mol. The minimum Gasteiger partial charge on any atom is -0.444 e. The number of halogens is 2. The first kappa shape index (κ1) is 19.4. The van der Waals surface area contributed by atoms with Crippen molar-refractivity contribution in [3.05, 3.63) is 42.0 Å². The van der Waals surface area contributed by atoms with Gasteiger partial charge in [-0.25, -0.2) is 9.37 Å². The van der Waals surface area contributed by atoms with Crippen LogP contribution in [0, 0.1) is 5.82 Å². The van der Waals surface area contributed by atoms with E-state index in [0.717, 1.165) is 0 Å². The predicted molar refractivity (Wildman–Crippen MR) is 92.8 cm³/mol. The number of hydrogen-bond donors (Lipinski definition) is 2. The van der Waals surface area contributed by atoms with Crippen LogP contribution in [0.1, 0.15) is 18.5 Å². The highest BCUT2D eigenvalue weighted by Gasteiger charge is 2.35. The molecule has 1 fully saturated rings. The second kappa shape index (κ2) is 8.42. The van der Waals surface area contributed by atoms with E-state index >= 15 is 0 Å². The van der Waals surface area contributed by atoms with E-state index in [9.17, 15) is 9.18 Å². The molecule has 0 saturated carbocycles. The number of carbonyl (C=O) groups excluding carboxylic acids is 1. The van der Waals surface area contributed by atoms with E-state index in [1.807, 2.05) is 0 Å². The molecule has 0 unspecified atom stereocenters. The van der Waals surface area contributed by atoms with E-state index in [1.54, 1.807) is 12.1 Å². The molecule has 8 heteroatoms. The van der Waals surface area contributed by atoms with Gasteiger partial charge < -0.3 is 20.2 Å². The number of nitrogens with two attached hydrogens (primary N) is 1. The van der Waals surface area contributed by atoms with Gasteiger partial charge in [0.1, 0.15) is 12.1 Å². The maximum absolute atomic E-state index is 12.9. The minimum atomic E-state index is -0.846. The van der Waals surface area contributed by atoms with E-state index < -0.39 is 5.54 Å². The summed E-state index contributed by atoms with van der Waals surface area (Å²) in [7, 11) is 0. The van der Waals surface area contributed by atoms with Crippen LogP contribution >= 0.6 is 12.4 Å². The summed E-state index contributed by atoms with van der Waals surface area (Å²) in [5, 5.41) is 2.85. The summed E-state index contributed by atoms with van der Waals surface area (Å²) in [6, 6.07) is 5.92. The molecule has 1 aromatic carbocycles. The van der Waals surface area contributed by atoms with Gasteiger partial charge in [0.15, 0.2) is 0 Å². The molecule has 0 aliphatic carbocycles. The smallest absolute Gasteiger partial charge is 0.240 e. The summed E-state index contributed by atoms with van der Waals surface area (Å²) >= 11 is 0. The molecule has 0 spiro atoms. The van der Waals surface area contributed by atoms with Crippen LogP contribution in [-0.4, -0.2) is 36.2 Å². The predicted octanol–water partition coefficient (Wildman–Crippen LogP) is 2.07. The maximum Gasteiger partial charge on any atom is 0.240 e. The number of aromatic nitrogens is 1. The Morgan fingerprint density at radius 3 is 2.64 bits per heavy atom. The Labute approximate surface area is 151 Å². The zero-order valence-corrected chi connectivity index (χ0v) is 14.5. The Kier molecular flexibility index (Phi) is 6.52. The Bertz CT molecular complexity index is 699. The number of carbonyl (C=O) groups is 1. The summed E-state index contributed by atoms with van der Waals surface area (Å²) in [6.45, 7) is 1.44. The van der Waals surface area contributed by atoms with Crippen LogP contribution in [0.2, 0.25) is 0 Å². The van der Waals surface area contributed by atoms with Crippen LogP contribution in [0.3, 0.4) is 0 Å². The molecule has 0 atom stereocenters. The van der Waals surface area contributed by atoms with E-state index in [-0.39, 0.29) is 24.1 Å². The fourth-order valence-corrected chi connectivity index (χ4v) is 2.59. The number of nitrogens with zero attached hydrogens (tertiary/aromatic N) is 1. The lowest BCUT2D eigenvalue weighted by Crippen LogP contribution is -2.57. The van der Waals surface area contributed by atoms with Gasteiger partial charge in [-0.05, 0) is 37.1 Å². The van der Waals surface area contributed by atoms with Gasteiger partial charge in [-0.3, -0.25) is 4.79 Å². The summed E-state index contributed by atoms with van der Waals surface area (Å²) in [5.74, 6) is -0.0406. The largest absolute Gasteiger partial charge is 0.444 e. The van der Waals surface area contributed by atoms with Gasteiger partial charge in [0, 0.05) is 31.7 Å². The number of ether oxygens (including phenoxy) is 1. The maximum atomic E-state index is 12.9. The lowest BCUT2D eigenvalue weighted by molar-refractivity contribution is -0.129. The average Bonchev–Trinajstić information content (AvgIpc) is 3.05. The van der Waals surface area contributed by atoms with Crippen molar-refractivity contribution < 1.29 is 18.3 Å². The van der Waals surface area contributed by atoms with Crippen molar-refractivity contribution in [1.29, 1.82) is 0 Å². The van der Waals surface area contributed by atoms with Crippen LogP contribution in [-0.2, 0) is 16.0 Å². The molecule has 0 radical (unpaired) electrons. The van der Waals surface area contributed by atoms with Gasteiger partial charge in [0.25, 0.3) is 0 Å². The van der Waals surface area contributed by atoms with Gasteiger partial charge in [0.05, 0.1) is 11.2 Å². The minimum absolute atomic E-state index is 0. The van der Waals surface area contributed by atoms with Gasteiger partial charge in [-0.15, -0.1) is 12.4 Å². The Balaban J connectivity index is 0.00000225. The molecule has 6 nitrogen and oxygen atoms in total. The van der Waals surface area contributed by atoms with E-state index in [4.69, 9.17) is 14.9 Å². The molecule has 2 aromatic rings. The van der Waals surface area contributed by atoms with Crippen LogP contribution in [0.25, 0.3) is 11.5 Å². The quantitative estimate of drug-likeness (QED) is 0.842. The molecule has 1 aliphatic rings. The van der Waals surface area contributed by atoms with Gasteiger partial charge >= 0.3 is 0 Å². The topological polar surface area (TPSA) is 90.4 Å². The third-order valence-electron chi connectivity index (χ3n) is 4.15. The summed E-state index contributed by atoms with van der Waals surface area (Å²) in [4.78, 5) is 16.5. The third-order valence-corrected chi connectivity index (χ3v) is 4.15. The molecule has 2 heterocycles. The van der Waals surface area contributed by atoms with Crippen molar-refractivity contribution in [1.82, 2.24) is 10.3 Å². The summed E-state index contributed by atoms with van der Waals surface area (Å²) in [5.41, 5.74) is 6.69. The van der Waals surface area contributed by atoms with E-state index in [1.165, 1.54) is 18.4 Å². The number of benzene rings is 1. The zero-order chi connectivity index (χ0) is 17.0. The highest BCUT2D eigenvalue weighted by atomic mass is 35.5. The second-order valence-electron chi connectivity index (χ2n) is 5.93. The standard InChI is InChI=1S/C17H20FN3O3.ClH/c18-13-3-1-12(2-4-13)15-21-14(11-24-15)5-8-20-16(22)17(19)6-9-23-10-7-17;/h1-4,11H,5-10,19H2,(H,20,22);1H. The molecular formula is C17H21ClFN3O3. The highest BCUT2D eigenvalue weighted by molar-refractivity contribution is 5.86. The van der Waals surface area contributed by atoms with Crippen molar-refractivity contribution in [2.75, 3.05) is 19.8 Å². The number of oxazole rings is 1. The van der Waals surface area contributed by atoms with E-state index in [2.05, 4.69) is 10.3 Å². The normalized spacial score (nSPS) is 16.1. The molecule has 0 bridgehead atoms. The first-order valence-electron chi connectivity index (χ1n) is 7.92. The average molecular weight is 370 g/mol. The van der Waals surface area contributed by atoms with Crippen molar-refractivity contribution in [3.63, 3.8) is 0 Å². The Hall–Kier alpha value is -1.96. The first-order chi connectivity index (χ1) is 11.6. The van der Waals surface area contributed by atoms with Gasteiger partial charge in [0.2, 0.25) is 11.8 Å². The fourth-order valence-electron chi connectivity index (χ4n) is 2.59. The van der Waals surface area contributed by atoms with Gasteiger partial charge in [-0.2, -0.15) is 0 Å². The Morgan fingerprint density at radius 2 is 1.96 bits per heavy atom. The van der Waals surface area contributed by atoms with Crippen LogP contribution in [0.5, 0.6) is 0 Å². The third kappa shape index (κ3) is 4.78. The van der Waals surface area contributed by atoms with Crippen LogP contribution in [0.4, 0.5) is 4.39 Å². The van der Waals surface area contributed by atoms with Crippen molar-refractivity contribution >= 4 is 18.3 Å². The van der Waals surface area contributed by atoms with Crippen LogP contribution < -0.4 is 11.1 Å². The van der Waals surface area contributed by atoms with Crippen LogP contribution in [0.15, 0.2) is 34.9 Å². The zero-order valence-electron chi connectivity index (χ0n) is 13.7. The molecule has 3 rings (SSSR count). The van der Waals surface area contributed by atoms with E-state index in [0.29, 0.717) is 56.2 Å². The first-order valence-corrected chi connectivity index (χ1v) is 7.92. The molecule has 1 aromatic heterocycles. The number of nitrogens with one attached hydrogen (secondary N) is 1. The fraction of sp³-hybridized carbons (Fsp3) is 0.412. The lowest BCUT2D eigenvalue weighted by Gasteiger charge is -2.31. The molecule has 3 N–H and O–H groups in total. The highest BCUT2D eigenvalue weighted by Crippen LogP contribution is 2.19. The molecule has 1 amide bonds. The monoisotopic (exact) mass is 369 g/mol.